The van der Waals surface area contributed by atoms with E-state index < -0.39 is 6.09 Å². The fraction of sp³-hybridized carbons (Fsp3) is 0.857. The third kappa shape index (κ3) is 1.88. The number of carboxylic acid groups (broad SMARTS) is 1. The molecule has 74 valence electrons. The zero-order valence-corrected chi connectivity index (χ0v) is 7.67. The van der Waals surface area contributed by atoms with Crippen molar-refractivity contribution in [3.8, 4) is 0 Å². The van der Waals surface area contributed by atoms with Gasteiger partial charge in [0.15, 0.2) is 0 Å². The van der Waals surface area contributed by atoms with Gasteiger partial charge in [0.1, 0.15) is 0 Å². The first kappa shape index (κ1) is 9.76. The molecule has 1 aliphatic rings. The lowest BCUT2D eigenvalue weighted by atomic mass is 10.1. The summed E-state index contributed by atoms with van der Waals surface area (Å²) in [5, 5.41) is 13.0. The second-order valence-corrected chi connectivity index (χ2v) is 3.34. The number of hydrogen-bond donors (Lipinski definition) is 1. The Kier molecular flexibility index (Phi) is 2.69. The van der Waals surface area contributed by atoms with Gasteiger partial charge in [0.25, 0.3) is 0 Å². The minimum atomic E-state index is -0.939. The molecule has 6 heteroatoms. The first-order chi connectivity index (χ1) is 6.06. The maximum Gasteiger partial charge on any atom is 0.407 e. The Morgan fingerprint density at radius 3 is 2.15 bits per heavy atom. The van der Waals surface area contributed by atoms with E-state index >= 15 is 0 Å². The van der Waals surface area contributed by atoms with Crippen molar-refractivity contribution >= 4 is 6.09 Å². The van der Waals surface area contributed by atoms with Gasteiger partial charge < -0.3 is 5.11 Å². The smallest absolute Gasteiger partial charge is 0.407 e. The Labute approximate surface area is 76.1 Å². The number of rotatable bonds is 1. The highest BCUT2D eigenvalue weighted by Crippen LogP contribution is 2.15. The second kappa shape index (κ2) is 3.59. The molecule has 1 rings (SSSR count). The van der Waals surface area contributed by atoms with Gasteiger partial charge in [-0.05, 0) is 13.8 Å². The maximum absolute atomic E-state index is 10.8. The van der Waals surface area contributed by atoms with Crippen LogP contribution in [0.3, 0.4) is 0 Å². The highest BCUT2D eigenvalue weighted by atomic mass is 16.4. The molecule has 0 bridgehead atoms. The number of nitrogens with zero attached hydrogens (tertiary/aromatic N) is 3. The molecule has 1 saturated heterocycles. The lowest BCUT2D eigenvalue weighted by Crippen LogP contribution is -2.56. The molecule has 2 atom stereocenters. The van der Waals surface area contributed by atoms with Crippen molar-refractivity contribution in [2.24, 2.45) is 5.29 Å². The summed E-state index contributed by atoms with van der Waals surface area (Å²) >= 11 is 0. The molecule has 1 heterocycles. The van der Waals surface area contributed by atoms with Crippen LogP contribution in [0.2, 0.25) is 0 Å². The van der Waals surface area contributed by atoms with Gasteiger partial charge in [-0.25, -0.2) is 4.79 Å². The molecule has 0 aromatic rings. The quantitative estimate of drug-likeness (QED) is 0.614. The fourth-order valence-corrected chi connectivity index (χ4v) is 1.74. The average molecular weight is 187 g/mol. The number of piperazine rings is 1. The summed E-state index contributed by atoms with van der Waals surface area (Å²) in [6.07, 6.45) is -0.939. The van der Waals surface area contributed by atoms with Crippen molar-refractivity contribution in [1.82, 2.24) is 9.91 Å². The minimum Gasteiger partial charge on any atom is -0.465 e. The molecule has 0 spiro atoms. The van der Waals surface area contributed by atoms with Crippen molar-refractivity contribution in [3.05, 3.63) is 4.91 Å². The van der Waals surface area contributed by atoms with Gasteiger partial charge >= 0.3 is 6.09 Å². The monoisotopic (exact) mass is 187 g/mol. The van der Waals surface area contributed by atoms with E-state index in [0.717, 1.165) is 0 Å². The van der Waals surface area contributed by atoms with E-state index in [-0.39, 0.29) is 12.1 Å². The van der Waals surface area contributed by atoms with Crippen molar-refractivity contribution in [3.63, 3.8) is 0 Å². The number of amides is 1. The second-order valence-electron chi connectivity index (χ2n) is 3.34. The number of hydrogen-bond acceptors (Lipinski definition) is 3. The summed E-state index contributed by atoms with van der Waals surface area (Å²) in [6.45, 7) is 4.28. The van der Waals surface area contributed by atoms with Crippen LogP contribution in [0.15, 0.2) is 5.29 Å². The lowest BCUT2D eigenvalue weighted by Gasteiger charge is -2.40. The highest BCUT2D eigenvalue weighted by molar-refractivity contribution is 5.66. The van der Waals surface area contributed by atoms with Gasteiger partial charge in [0, 0.05) is 0 Å². The van der Waals surface area contributed by atoms with Gasteiger partial charge in [-0.15, -0.1) is 4.91 Å². The molecule has 1 fully saturated rings. The number of carbonyl (C=O) groups is 1. The third-order valence-electron chi connectivity index (χ3n) is 2.24. The van der Waals surface area contributed by atoms with Crippen LogP contribution in [0.25, 0.3) is 0 Å². The predicted molar refractivity (Wildman–Crippen MR) is 46.2 cm³/mol. The van der Waals surface area contributed by atoms with Crippen molar-refractivity contribution in [2.45, 2.75) is 25.9 Å². The van der Waals surface area contributed by atoms with Gasteiger partial charge in [0.05, 0.1) is 30.5 Å². The van der Waals surface area contributed by atoms with Crippen LogP contribution >= 0.6 is 0 Å². The molecule has 0 radical (unpaired) electrons. The van der Waals surface area contributed by atoms with Crippen LogP contribution in [-0.4, -0.2) is 46.3 Å². The number of nitroso groups, excluding NO2 is 1. The van der Waals surface area contributed by atoms with E-state index in [1.54, 1.807) is 13.8 Å². The standard InChI is InChI=1S/C7H13N3O3/c1-5-3-9(8-13)4-6(2)10(5)7(11)12/h5-6H,3-4H2,1-2H3,(H,11,12). The van der Waals surface area contributed by atoms with Crippen LogP contribution in [0, 0.1) is 4.91 Å². The average Bonchev–Trinajstić information content (AvgIpc) is 2.02. The van der Waals surface area contributed by atoms with E-state index in [2.05, 4.69) is 5.29 Å². The molecule has 13 heavy (non-hydrogen) atoms. The molecule has 1 amide bonds. The third-order valence-corrected chi connectivity index (χ3v) is 2.24. The fourth-order valence-electron chi connectivity index (χ4n) is 1.74. The predicted octanol–water partition coefficient (Wildman–Crippen LogP) is 0.740. The molecule has 0 saturated carbocycles. The Hall–Kier alpha value is -1.33. The zero-order valence-electron chi connectivity index (χ0n) is 7.67. The molecule has 0 aromatic heterocycles. The summed E-state index contributed by atoms with van der Waals surface area (Å²) in [5.41, 5.74) is 0. The van der Waals surface area contributed by atoms with E-state index in [1.165, 1.54) is 9.91 Å². The van der Waals surface area contributed by atoms with Crippen LogP contribution in [-0.2, 0) is 0 Å². The summed E-state index contributed by atoms with van der Waals surface area (Å²) in [4.78, 5) is 22.4. The van der Waals surface area contributed by atoms with Crippen molar-refractivity contribution in [1.29, 1.82) is 0 Å². The van der Waals surface area contributed by atoms with E-state index in [1.807, 2.05) is 0 Å². The molecule has 2 unspecified atom stereocenters. The molecule has 0 aliphatic carbocycles. The van der Waals surface area contributed by atoms with Crippen LogP contribution in [0.5, 0.6) is 0 Å². The van der Waals surface area contributed by atoms with Crippen molar-refractivity contribution in [2.75, 3.05) is 13.1 Å². The van der Waals surface area contributed by atoms with Crippen LogP contribution in [0.4, 0.5) is 4.79 Å². The van der Waals surface area contributed by atoms with Crippen LogP contribution in [0.1, 0.15) is 13.8 Å². The molecule has 1 aliphatic heterocycles. The molecular weight excluding hydrogens is 174 g/mol. The van der Waals surface area contributed by atoms with Gasteiger partial charge in [-0.3, -0.25) is 9.91 Å². The molecule has 1 N–H and O–H groups in total. The summed E-state index contributed by atoms with van der Waals surface area (Å²) in [5.74, 6) is 0. The first-order valence-electron chi connectivity index (χ1n) is 4.15. The largest absolute Gasteiger partial charge is 0.465 e. The summed E-state index contributed by atoms with van der Waals surface area (Å²) in [6, 6.07) is -0.363. The summed E-state index contributed by atoms with van der Waals surface area (Å²) in [7, 11) is 0. The van der Waals surface area contributed by atoms with Gasteiger partial charge in [-0.2, -0.15) is 0 Å². The van der Waals surface area contributed by atoms with E-state index in [4.69, 9.17) is 5.11 Å². The van der Waals surface area contributed by atoms with Crippen LogP contribution < -0.4 is 0 Å². The Morgan fingerprint density at radius 1 is 1.38 bits per heavy atom. The molecule has 0 aromatic carbocycles. The highest BCUT2D eigenvalue weighted by Gasteiger charge is 2.32. The van der Waals surface area contributed by atoms with Gasteiger partial charge in [0.2, 0.25) is 0 Å². The Balaban J connectivity index is 2.69. The molecular formula is C7H13N3O3. The Morgan fingerprint density at radius 2 is 1.85 bits per heavy atom. The minimum absolute atomic E-state index is 0.182. The Bertz CT molecular complexity index is 209. The SMILES string of the molecule is CC1CN(N=O)CC(C)N1C(=O)O. The first-order valence-corrected chi connectivity index (χ1v) is 4.15. The summed E-state index contributed by atoms with van der Waals surface area (Å²) < 4.78 is 0. The maximum atomic E-state index is 10.8. The normalized spacial score (nSPS) is 28.8. The van der Waals surface area contributed by atoms with Crippen molar-refractivity contribution < 1.29 is 9.90 Å². The molecule has 6 nitrogen and oxygen atoms in total. The zero-order chi connectivity index (χ0) is 10.0. The lowest BCUT2D eigenvalue weighted by molar-refractivity contribution is 0.0416. The van der Waals surface area contributed by atoms with E-state index in [9.17, 15) is 9.70 Å². The van der Waals surface area contributed by atoms with Gasteiger partial charge in [-0.1, -0.05) is 0 Å². The topological polar surface area (TPSA) is 73.2 Å². The van der Waals surface area contributed by atoms with E-state index in [0.29, 0.717) is 13.1 Å².